The van der Waals surface area contributed by atoms with Gasteiger partial charge in [0.1, 0.15) is 6.54 Å². The van der Waals surface area contributed by atoms with E-state index in [1.807, 2.05) is 0 Å². The van der Waals surface area contributed by atoms with Gasteiger partial charge >= 0.3 is 6.09 Å². The number of nitrogens with zero attached hydrogens (tertiary/aromatic N) is 3. The zero-order chi connectivity index (χ0) is 11.4. The molecule has 7 nitrogen and oxygen atoms in total. The first kappa shape index (κ1) is 10.1. The molecule has 2 heterocycles. The third-order valence-electron chi connectivity index (χ3n) is 1.80. The number of pyridine rings is 1. The summed E-state index contributed by atoms with van der Waals surface area (Å²) in [5, 5.41) is 14.2. The Morgan fingerprint density at radius 1 is 1.44 bits per heavy atom. The number of hydrogen-bond acceptors (Lipinski definition) is 5. The van der Waals surface area contributed by atoms with E-state index in [4.69, 9.17) is 9.63 Å². The second-order valence-corrected chi connectivity index (χ2v) is 2.91. The Labute approximate surface area is 90.1 Å². The number of carboxylic acid groups (broad SMARTS) is 1. The molecule has 0 aliphatic heterocycles. The van der Waals surface area contributed by atoms with Crippen molar-refractivity contribution in [3.05, 3.63) is 30.4 Å². The van der Waals surface area contributed by atoms with Gasteiger partial charge in [0.15, 0.2) is 0 Å². The summed E-state index contributed by atoms with van der Waals surface area (Å²) in [6, 6.07) is 3.47. The lowest BCUT2D eigenvalue weighted by Crippen LogP contribution is -2.20. The van der Waals surface area contributed by atoms with Crippen molar-refractivity contribution in [2.75, 3.05) is 0 Å². The number of nitrogens with one attached hydrogen (secondary N) is 1. The first-order valence-electron chi connectivity index (χ1n) is 4.45. The molecule has 0 bridgehead atoms. The molecule has 7 heteroatoms. The van der Waals surface area contributed by atoms with E-state index >= 15 is 0 Å². The van der Waals surface area contributed by atoms with Crippen molar-refractivity contribution in [1.29, 1.82) is 0 Å². The van der Waals surface area contributed by atoms with Crippen LogP contribution in [0.3, 0.4) is 0 Å². The molecule has 2 aromatic heterocycles. The molecule has 0 atom stereocenters. The minimum atomic E-state index is -1.14. The van der Waals surface area contributed by atoms with Crippen LogP contribution in [0.1, 0.15) is 5.89 Å². The van der Waals surface area contributed by atoms with Gasteiger partial charge in [-0.05, 0) is 12.1 Å². The second kappa shape index (κ2) is 4.39. The average Bonchev–Trinajstić information content (AvgIpc) is 2.76. The van der Waals surface area contributed by atoms with Crippen molar-refractivity contribution in [2.24, 2.45) is 0 Å². The van der Waals surface area contributed by atoms with Gasteiger partial charge in [-0.15, -0.1) is 0 Å². The van der Waals surface area contributed by atoms with Crippen LogP contribution in [0.2, 0.25) is 0 Å². The number of amides is 1. The van der Waals surface area contributed by atoms with Crippen LogP contribution in [0.15, 0.2) is 29.0 Å². The lowest BCUT2D eigenvalue weighted by atomic mass is 10.2. The van der Waals surface area contributed by atoms with Crippen molar-refractivity contribution in [1.82, 2.24) is 20.4 Å². The highest BCUT2D eigenvalue weighted by Crippen LogP contribution is 2.13. The molecule has 0 saturated heterocycles. The quantitative estimate of drug-likeness (QED) is 0.796. The van der Waals surface area contributed by atoms with E-state index in [-0.39, 0.29) is 12.4 Å². The van der Waals surface area contributed by atoms with Crippen molar-refractivity contribution in [3.63, 3.8) is 0 Å². The number of aromatic nitrogens is 3. The Morgan fingerprint density at radius 2 is 2.19 bits per heavy atom. The van der Waals surface area contributed by atoms with Gasteiger partial charge in [-0.25, -0.2) is 4.79 Å². The summed E-state index contributed by atoms with van der Waals surface area (Å²) in [7, 11) is 0. The molecule has 0 unspecified atom stereocenters. The van der Waals surface area contributed by atoms with Crippen LogP contribution in [0, 0.1) is 0 Å². The normalized spacial score (nSPS) is 10.0. The van der Waals surface area contributed by atoms with Crippen LogP contribution in [0.4, 0.5) is 4.79 Å². The van der Waals surface area contributed by atoms with Gasteiger partial charge < -0.3 is 14.9 Å². The maximum atomic E-state index is 10.2. The summed E-state index contributed by atoms with van der Waals surface area (Å²) in [4.78, 5) is 18.1. The summed E-state index contributed by atoms with van der Waals surface area (Å²) < 4.78 is 4.86. The van der Waals surface area contributed by atoms with Gasteiger partial charge in [0.2, 0.25) is 11.7 Å². The van der Waals surface area contributed by atoms with Gasteiger partial charge in [0.25, 0.3) is 0 Å². The SMILES string of the molecule is O=C(O)NCc1nc(-c2ccncc2)no1. The first-order chi connectivity index (χ1) is 7.75. The van der Waals surface area contributed by atoms with Crippen LogP contribution >= 0.6 is 0 Å². The van der Waals surface area contributed by atoms with E-state index in [0.29, 0.717) is 5.82 Å². The van der Waals surface area contributed by atoms with E-state index < -0.39 is 6.09 Å². The van der Waals surface area contributed by atoms with E-state index in [1.54, 1.807) is 24.5 Å². The van der Waals surface area contributed by atoms with Gasteiger partial charge in [-0.1, -0.05) is 5.16 Å². The van der Waals surface area contributed by atoms with Crippen LogP contribution < -0.4 is 5.32 Å². The van der Waals surface area contributed by atoms with Crippen LogP contribution in [-0.2, 0) is 6.54 Å². The predicted octanol–water partition coefficient (Wildman–Crippen LogP) is 0.899. The van der Waals surface area contributed by atoms with Crippen LogP contribution in [-0.4, -0.2) is 26.3 Å². The average molecular weight is 220 g/mol. The monoisotopic (exact) mass is 220 g/mol. The highest BCUT2D eigenvalue weighted by molar-refractivity contribution is 5.64. The fourth-order valence-electron chi connectivity index (χ4n) is 1.10. The molecule has 82 valence electrons. The van der Waals surface area contributed by atoms with Gasteiger partial charge in [0, 0.05) is 18.0 Å². The van der Waals surface area contributed by atoms with E-state index in [1.165, 1.54) is 0 Å². The van der Waals surface area contributed by atoms with E-state index in [9.17, 15) is 4.79 Å². The molecule has 0 aromatic carbocycles. The molecule has 0 aliphatic rings. The smallest absolute Gasteiger partial charge is 0.405 e. The van der Waals surface area contributed by atoms with Crippen molar-refractivity contribution >= 4 is 6.09 Å². The van der Waals surface area contributed by atoms with Crippen LogP contribution in [0.5, 0.6) is 0 Å². The lowest BCUT2D eigenvalue weighted by molar-refractivity contribution is 0.192. The molecular weight excluding hydrogens is 212 g/mol. The van der Waals surface area contributed by atoms with Gasteiger partial charge in [-0.3, -0.25) is 4.98 Å². The molecule has 0 fully saturated rings. The Hall–Kier alpha value is -2.44. The van der Waals surface area contributed by atoms with Crippen molar-refractivity contribution < 1.29 is 14.4 Å². The molecule has 0 spiro atoms. The predicted molar refractivity (Wildman–Crippen MR) is 52.4 cm³/mol. The minimum Gasteiger partial charge on any atom is -0.465 e. The van der Waals surface area contributed by atoms with Gasteiger partial charge in [0.05, 0.1) is 0 Å². The summed E-state index contributed by atoms with van der Waals surface area (Å²) in [6.07, 6.45) is 2.09. The van der Waals surface area contributed by atoms with Crippen molar-refractivity contribution in [2.45, 2.75) is 6.54 Å². The van der Waals surface area contributed by atoms with Crippen molar-refractivity contribution in [3.8, 4) is 11.4 Å². The van der Waals surface area contributed by atoms with Crippen LogP contribution in [0.25, 0.3) is 11.4 Å². The highest BCUT2D eigenvalue weighted by atomic mass is 16.5. The molecule has 0 radical (unpaired) electrons. The first-order valence-corrected chi connectivity index (χ1v) is 4.45. The fraction of sp³-hybridized carbons (Fsp3) is 0.111. The van der Waals surface area contributed by atoms with E-state index in [2.05, 4.69) is 20.4 Å². The second-order valence-electron chi connectivity index (χ2n) is 2.91. The number of hydrogen-bond donors (Lipinski definition) is 2. The summed E-state index contributed by atoms with van der Waals surface area (Å²) >= 11 is 0. The standard InChI is InChI=1S/C9H8N4O3/c14-9(15)11-5-7-12-8(13-16-7)6-1-3-10-4-2-6/h1-4,11H,5H2,(H,14,15). The summed E-state index contributed by atoms with van der Waals surface area (Å²) in [5.41, 5.74) is 0.764. The largest absolute Gasteiger partial charge is 0.465 e. The topological polar surface area (TPSA) is 101 Å². The Kier molecular flexibility index (Phi) is 2.77. The zero-order valence-corrected chi connectivity index (χ0v) is 8.12. The molecule has 0 aliphatic carbocycles. The molecular formula is C9H8N4O3. The third kappa shape index (κ3) is 2.32. The number of carbonyl (C=O) groups is 1. The van der Waals surface area contributed by atoms with E-state index in [0.717, 1.165) is 5.56 Å². The Morgan fingerprint density at radius 3 is 2.88 bits per heavy atom. The summed E-state index contributed by atoms with van der Waals surface area (Å²) in [5.74, 6) is 0.624. The summed E-state index contributed by atoms with van der Waals surface area (Å²) in [6.45, 7) is -0.00653. The molecule has 1 amide bonds. The molecule has 2 N–H and O–H groups in total. The Bertz CT molecular complexity index is 483. The Balaban J connectivity index is 2.11. The highest BCUT2D eigenvalue weighted by Gasteiger charge is 2.08. The zero-order valence-electron chi connectivity index (χ0n) is 8.12. The maximum absolute atomic E-state index is 10.2. The minimum absolute atomic E-state index is 0.00653. The van der Waals surface area contributed by atoms with Gasteiger partial charge in [-0.2, -0.15) is 4.98 Å². The maximum Gasteiger partial charge on any atom is 0.405 e. The lowest BCUT2D eigenvalue weighted by Gasteiger charge is -1.92. The molecule has 2 rings (SSSR count). The number of rotatable bonds is 3. The molecule has 16 heavy (non-hydrogen) atoms. The third-order valence-corrected chi connectivity index (χ3v) is 1.80. The molecule has 0 saturated carbocycles. The fourth-order valence-corrected chi connectivity index (χ4v) is 1.10. The molecule has 2 aromatic rings.